The quantitative estimate of drug-likeness (QED) is 0.597. The zero-order valence-electron chi connectivity index (χ0n) is 17.7. The predicted octanol–water partition coefficient (Wildman–Crippen LogP) is 5.58. The Kier molecular flexibility index (Phi) is 6.83. The first kappa shape index (κ1) is 21.0. The van der Waals surface area contributed by atoms with Gasteiger partial charge in [-0.15, -0.1) is 0 Å². The van der Waals surface area contributed by atoms with Gasteiger partial charge >= 0.3 is 5.97 Å². The monoisotopic (exact) mass is 427 g/mol. The summed E-state index contributed by atoms with van der Waals surface area (Å²) in [4.78, 5) is 14.3. The van der Waals surface area contributed by atoms with Gasteiger partial charge in [0.05, 0.1) is 19.2 Å². The molecule has 0 aromatic heterocycles. The van der Waals surface area contributed by atoms with E-state index in [0.29, 0.717) is 6.61 Å². The van der Waals surface area contributed by atoms with E-state index < -0.39 is 0 Å². The Morgan fingerprint density at radius 2 is 2.00 bits per heavy atom. The summed E-state index contributed by atoms with van der Waals surface area (Å²) in [6, 6.07) is 12.2. The molecular weight excluding hydrogens is 398 g/mol. The number of ether oxygens (including phenoxy) is 2. The lowest BCUT2D eigenvalue weighted by Crippen LogP contribution is -2.33. The second-order valence-corrected chi connectivity index (χ2v) is 8.89. The first-order valence-corrected chi connectivity index (χ1v) is 11.3. The molecule has 0 saturated heterocycles. The summed E-state index contributed by atoms with van der Waals surface area (Å²) in [5.41, 5.74) is 4.53. The second-order valence-electron chi connectivity index (χ2n) is 8.46. The largest absolute Gasteiger partial charge is 0.487 e. The van der Waals surface area contributed by atoms with Crippen molar-refractivity contribution in [2.45, 2.75) is 51.6 Å². The molecule has 1 aliphatic carbocycles. The lowest BCUT2D eigenvalue weighted by Gasteiger charge is -2.35. The van der Waals surface area contributed by atoms with Gasteiger partial charge in [-0.05, 0) is 79.0 Å². The van der Waals surface area contributed by atoms with E-state index in [1.807, 2.05) is 18.2 Å². The molecule has 1 fully saturated rings. The third-order valence-corrected chi connectivity index (χ3v) is 6.55. The molecule has 30 heavy (non-hydrogen) atoms. The Bertz CT molecular complexity index is 894. The number of carbonyl (C=O) groups is 1. The van der Waals surface area contributed by atoms with Crippen LogP contribution in [-0.4, -0.2) is 26.2 Å². The molecule has 0 N–H and O–H groups in total. The summed E-state index contributed by atoms with van der Waals surface area (Å²) < 4.78 is 11.2. The van der Waals surface area contributed by atoms with Crippen molar-refractivity contribution in [3.8, 4) is 5.75 Å². The van der Waals surface area contributed by atoms with Gasteiger partial charge in [0.25, 0.3) is 0 Å². The van der Waals surface area contributed by atoms with Crippen LogP contribution in [0.1, 0.15) is 48.8 Å². The van der Waals surface area contributed by atoms with E-state index in [-0.39, 0.29) is 12.4 Å². The van der Waals surface area contributed by atoms with E-state index in [4.69, 9.17) is 21.1 Å². The number of anilines is 1. The average Bonchev–Trinajstić information content (AvgIpc) is 2.74. The zero-order chi connectivity index (χ0) is 20.9. The molecule has 0 radical (unpaired) electrons. The van der Waals surface area contributed by atoms with Crippen LogP contribution in [-0.2, 0) is 29.0 Å². The van der Waals surface area contributed by atoms with Gasteiger partial charge in [0.2, 0.25) is 0 Å². The molecule has 0 unspecified atom stereocenters. The van der Waals surface area contributed by atoms with Crippen LogP contribution in [0.2, 0.25) is 5.02 Å². The van der Waals surface area contributed by atoms with Crippen LogP contribution in [0.5, 0.6) is 5.75 Å². The number of nitrogens with zero attached hydrogens (tertiary/aromatic N) is 1. The molecule has 1 heterocycles. The van der Waals surface area contributed by atoms with Gasteiger partial charge in [-0.25, -0.2) is 0 Å². The molecule has 2 aromatic carbocycles. The SMILES string of the molecule is COC(=O)Cc1ccc2c(c1)N(CC1CCC1)CCCCc1cc(Cl)ccc1CO2. The summed E-state index contributed by atoms with van der Waals surface area (Å²) in [6.07, 6.45) is 7.46. The number of esters is 1. The van der Waals surface area contributed by atoms with E-state index >= 15 is 0 Å². The predicted molar refractivity (Wildman–Crippen MR) is 120 cm³/mol. The Morgan fingerprint density at radius 3 is 2.77 bits per heavy atom. The number of fused-ring (bicyclic) bond motifs is 2. The summed E-state index contributed by atoms with van der Waals surface area (Å²) in [7, 11) is 1.43. The van der Waals surface area contributed by atoms with Crippen LogP contribution >= 0.6 is 11.6 Å². The Morgan fingerprint density at radius 1 is 1.13 bits per heavy atom. The van der Waals surface area contributed by atoms with Crippen molar-refractivity contribution in [2.24, 2.45) is 5.92 Å². The van der Waals surface area contributed by atoms with Crippen LogP contribution in [0, 0.1) is 5.92 Å². The van der Waals surface area contributed by atoms with Gasteiger partial charge in [-0.3, -0.25) is 4.79 Å². The molecule has 1 aliphatic heterocycles. The molecule has 5 heteroatoms. The third kappa shape index (κ3) is 5.10. The highest BCUT2D eigenvalue weighted by Crippen LogP contribution is 2.35. The van der Waals surface area contributed by atoms with Crippen molar-refractivity contribution < 1.29 is 14.3 Å². The molecule has 2 aliphatic rings. The number of aryl methyl sites for hydroxylation is 1. The summed E-state index contributed by atoms with van der Waals surface area (Å²) in [6.45, 7) is 2.56. The lowest BCUT2D eigenvalue weighted by molar-refractivity contribution is -0.139. The maximum Gasteiger partial charge on any atom is 0.309 e. The Labute approximate surface area is 184 Å². The molecular formula is C25H30ClNO3. The van der Waals surface area contributed by atoms with Gasteiger partial charge in [-0.2, -0.15) is 0 Å². The van der Waals surface area contributed by atoms with Crippen molar-refractivity contribution in [3.63, 3.8) is 0 Å². The summed E-state index contributed by atoms with van der Waals surface area (Å²) >= 11 is 6.24. The van der Waals surface area contributed by atoms with Crippen molar-refractivity contribution in [1.29, 1.82) is 0 Å². The van der Waals surface area contributed by atoms with Gasteiger partial charge in [0.15, 0.2) is 0 Å². The number of halogens is 1. The fourth-order valence-corrected chi connectivity index (χ4v) is 4.51. The zero-order valence-corrected chi connectivity index (χ0v) is 18.4. The van der Waals surface area contributed by atoms with Crippen LogP contribution in [0.25, 0.3) is 0 Å². The first-order valence-electron chi connectivity index (χ1n) is 11.0. The Hall–Kier alpha value is -2.20. The first-order chi connectivity index (χ1) is 14.6. The highest BCUT2D eigenvalue weighted by molar-refractivity contribution is 6.30. The molecule has 1 saturated carbocycles. The minimum Gasteiger partial charge on any atom is -0.487 e. The van der Waals surface area contributed by atoms with E-state index in [1.54, 1.807) is 0 Å². The number of rotatable bonds is 4. The summed E-state index contributed by atoms with van der Waals surface area (Å²) in [5.74, 6) is 1.41. The molecule has 0 atom stereocenters. The van der Waals surface area contributed by atoms with Gasteiger partial charge in [0.1, 0.15) is 12.4 Å². The van der Waals surface area contributed by atoms with Crippen LogP contribution in [0.15, 0.2) is 36.4 Å². The molecule has 4 nitrogen and oxygen atoms in total. The number of hydrogen-bond acceptors (Lipinski definition) is 4. The van der Waals surface area contributed by atoms with E-state index in [0.717, 1.165) is 60.3 Å². The van der Waals surface area contributed by atoms with Crippen molar-refractivity contribution >= 4 is 23.3 Å². The minimum atomic E-state index is -0.219. The number of hydrogen-bond donors (Lipinski definition) is 0. The fraction of sp³-hybridized carbons (Fsp3) is 0.480. The minimum absolute atomic E-state index is 0.219. The molecule has 160 valence electrons. The highest BCUT2D eigenvalue weighted by atomic mass is 35.5. The standard InChI is InChI=1S/C25H30ClNO3/c1-29-25(28)14-19-8-11-24-23(13-19)27(16-18-5-4-6-18)12-3-2-7-20-15-22(26)10-9-21(20)17-30-24/h8-11,13,15,18H,2-7,12,14,16-17H2,1H3. The van der Waals surface area contributed by atoms with E-state index in [1.165, 1.54) is 37.5 Å². The maximum absolute atomic E-state index is 11.8. The second kappa shape index (κ2) is 9.74. The van der Waals surface area contributed by atoms with Gasteiger partial charge in [-0.1, -0.05) is 30.2 Å². The number of benzene rings is 2. The van der Waals surface area contributed by atoms with Crippen molar-refractivity contribution in [3.05, 3.63) is 58.1 Å². The maximum atomic E-state index is 11.8. The molecule has 0 bridgehead atoms. The Balaban J connectivity index is 1.65. The molecule has 4 rings (SSSR count). The number of carbonyl (C=O) groups excluding carboxylic acids is 1. The van der Waals surface area contributed by atoms with E-state index in [9.17, 15) is 4.79 Å². The normalized spacial score (nSPS) is 17.1. The highest BCUT2D eigenvalue weighted by Gasteiger charge is 2.23. The van der Waals surface area contributed by atoms with Crippen molar-refractivity contribution in [2.75, 3.05) is 25.1 Å². The third-order valence-electron chi connectivity index (χ3n) is 6.32. The van der Waals surface area contributed by atoms with Crippen LogP contribution in [0.3, 0.4) is 0 Å². The lowest BCUT2D eigenvalue weighted by atomic mass is 9.85. The van der Waals surface area contributed by atoms with E-state index in [2.05, 4.69) is 23.1 Å². The molecule has 0 spiro atoms. The van der Waals surface area contributed by atoms with Crippen molar-refractivity contribution in [1.82, 2.24) is 0 Å². The number of methoxy groups -OCH3 is 1. The smallest absolute Gasteiger partial charge is 0.309 e. The van der Waals surface area contributed by atoms with Gasteiger partial charge < -0.3 is 14.4 Å². The van der Waals surface area contributed by atoms with Gasteiger partial charge in [0, 0.05) is 18.1 Å². The average molecular weight is 428 g/mol. The van der Waals surface area contributed by atoms with Crippen LogP contribution < -0.4 is 9.64 Å². The topological polar surface area (TPSA) is 38.8 Å². The fourth-order valence-electron chi connectivity index (χ4n) is 4.32. The molecule has 0 amide bonds. The molecule has 2 aromatic rings. The summed E-state index contributed by atoms with van der Waals surface area (Å²) in [5, 5.41) is 0.781. The van der Waals surface area contributed by atoms with Crippen LogP contribution in [0.4, 0.5) is 5.69 Å².